The maximum atomic E-state index is 12.5. The first kappa shape index (κ1) is 18.2. The van der Waals surface area contributed by atoms with Crippen molar-refractivity contribution in [1.82, 2.24) is 30.2 Å². The van der Waals surface area contributed by atoms with E-state index in [1.807, 2.05) is 24.8 Å². The molecule has 1 aliphatic rings. The van der Waals surface area contributed by atoms with Gasteiger partial charge in [-0.2, -0.15) is 5.10 Å². The Kier molecular flexibility index (Phi) is 5.10. The molecule has 0 saturated carbocycles. The van der Waals surface area contributed by atoms with Crippen LogP contribution >= 0.6 is 0 Å². The molecule has 1 amide bonds. The highest BCUT2D eigenvalue weighted by atomic mass is 16.5. The van der Waals surface area contributed by atoms with Crippen LogP contribution in [-0.4, -0.2) is 49.2 Å². The van der Waals surface area contributed by atoms with Gasteiger partial charge in [-0.25, -0.2) is 9.97 Å². The largest absolute Gasteiger partial charge is 0.361 e. The first-order valence-electron chi connectivity index (χ1n) is 9.43. The van der Waals surface area contributed by atoms with E-state index in [4.69, 9.17) is 4.52 Å². The van der Waals surface area contributed by atoms with E-state index in [1.54, 1.807) is 24.7 Å². The number of carbonyl (C=O) groups is 1. The molecule has 1 saturated heterocycles. The molecule has 0 N–H and O–H groups in total. The number of aromatic nitrogens is 5. The van der Waals surface area contributed by atoms with E-state index in [2.05, 4.69) is 25.3 Å². The molecule has 3 aromatic heterocycles. The minimum atomic E-state index is -0.0470. The molecule has 1 fully saturated rings. The average molecular weight is 378 g/mol. The highest BCUT2D eigenvalue weighted by molar-refractivity contribution is 5.92. The van der Waals surface area contributed by atoms with Crippen LogP contribution in [0.25, 0.3) is 11.3 Å². The standard InChI is InChI=1S/C20H22N6O2/c1-13-19(14(2)28-25-13)18-11-16(21-12-22-18)10-15-5-8-26(9-6-15)20(27)17-4-3-7-23-24-17/h3-4,7,11-12,15H,5-6,8-10H2,1-2H3. The quantitative estimate of drug-likeness (QED) is 0.688. The van der Waals surface area contributed by atoms with Crippen molar-refractivity contribution in [2.45, 2.75) is 33.1 Å². The van der Waals surface area contributed by atoms with Crippen molar-refractivity contribution in [2.75, 3.05) is 13.1 Å². The van der Waals surface area contributed by atoms with Gasteiger partial charge in [-0.1, -0.05) is 5.16 Å². The van der Waals surface area contributed by atoms with Crippen LogP contribution in [0, 0.1) is 19.8 Å². The number of rotatable bonds is 4. The molecular formula is C20H22N6O2. The van der Waals surface area contributed by atoms with Gasteiger partial charge >= 0.3 is 0 Å². The highest BCUT2D eigenvalue weighted by Crippen LogP contribution is 2.27. The molecule has 1 aliphatic heterocycles. The Morgan fingerprint density at radius 1 is 1.25 bits per heavy atom. The molecular weight excluding hydrogens is 356 g/mol. The Morgan fingerprint density at radius 3 is 2.75 bits per heavy atom. The fourth-order valence-electron chi connectivity index (χ4n) is 3.71. The molecule has 8 heteroatoms. The van der Waals surface area contributed by atoms with Crippen molar-refractivity contribution < 1.29 is 9.32 Å². The summed E-state index contributed by atoms with van der Waals surface area (Å²) in [5, 5.41) is 11.7. The number of hydrogen-bond donors (Lipinski definition) is 0. The van der Waals surface area contributed by atoms with Crippen molar-refractivity contribution in [1.29, 1.82) is 0 Å². The predicted octanol–water partition coefficient (Wildman–Crippen LogP) is 2.63. The SMILES string of the molecule is Cc1noc(C)c1-c1cc(CC2CCN(C(=O)c3cccnn3)CC2)ncn1. The van der Waals surface area contributed by atoms with Crippen molar-refractivity contribution in [3.05, 3.63) is 53.6 Å². The van der Waals surface area contributed by atoms with Gasteiger partial charge in [0.25, 0.3) is 5.91 Å². The summed E-state index contributed by atoms with van der Waals surface area (Å²) < 4.78 is 5.25. The maximum absolute atomic E-state index is 12.5. The van der Waals surface area contributed by atoms with Gasteiger partial charge in [-0.05, 0) is 57.2 Å². The number of amides is 1. The number of nitrogens with zero attached hydrogens (tertiary/aromatic N) is 6. The van der Waals surface area contributed by atoms with Crippen LogP contribution < -0.4 is 0 Å². The second-order valence-electron chi connectivity index (χ2n) is 7.14. The average Bonchev–Trinajstić information content (AvgIpc) is 3.07. The Balaban J connectivity index is 1.39. The van der Waals surface area contributed by atoms with Gasteiger partial charge in [-0.15, -0.1) is 5.10 Å². The lowest BCUT2D eigenvalue weighted by Crippen LogP contribution is -2.39. The fourth-order valence-corrected chi connectivity index (χ4v) is 3.71. The smallest absolute Gasteiger partial charge is 0.274 e. The molecule has 28 heavy (non-hydrogen) atoms. The molecule has 0 aliphatic carbocycles. The minimum absolute atomic E-state index is 0.0470. The lowest BCUT2D eigenvalue weighted by atomic mass is 9.91. The number of hydrogen-bond acceptors (Lipinski definition) is 7. The van der Waals surface area contributed by atoms with Gasteiger partial charge in [0.05, 0.1) is 17.0 Å². The zero-order chi connectivity index (χ0) is 19.5. The van der Waals surface area contributed by atoms with E-state index in [1.165, 1.54) is 0 Å². The Hall–Kier alpha value is -3.16. The Morgan fingerprint density at radius 2 is 2.07 bits per heavy atom. The number of piperidine rings is 1. The summed E-state index contributed by atoms with van der Waals surface area (Å²) in [6, 6.07) is 5.46. The molecule has 0 aromatic carbocycles. The third-order valence-corrected chi connectivity index (χ3v) is 5.20. The van der Waals surface area contributed by atoms with Crippen molar-refractivity contribution in [3.63, 3.8) is 0 Å². The van der Waals surface area contributed by atoms with Crippen LogP contribution in [0.3, 0.4) is 0 Å². The number of likely N-dealkylation sites (tertiary alicyclic amines) is 1. The second-order valence-corrected chi connectivity index (χ2v) is 7.14. The van der Waals surface area contributed by atoms with Gasteiger partial charge in [-0.3, -0.25) is 4.79 Å². The van der Waals surface area contributed by atoms with E-state index in [0.717, 1.165) is 60.8 Å². The number of aryl methyl sites for hydroxylation is 2. The molecule has 0 bridgehead atoms. The van der Waals surface area contributed by atoms with Crippen LogP contribution in [-0.2, 0) is 6.42 Å². The van der Waals surface area contributed by atoms with Gasteiger partial charge in [0.2, 0.25) is 0 Å². The lowest BCUT2D eigenvalue weighted by Gasteiger charge is -2.31. The third-order valence-electron chi connectivity index (χ3n) is 5.20. The normalized spacial score (nSPS) is 15.0. The van der Waals surface area contributed by atoms with E-state index in [-0.39, 0.29) is 5.91 Å². The Labute approximate surface area is 163 Å². The van der Waals surface area contributed by atoms with Crippen LogP contribution in [0.4, 0.5) is 0 Å². The van der Waals surface area contributed by atoms with Gasteiger partial charge < -0.3 is 9.42 Å². The maximum Gasteiger partial charge on any atom is 0.274 e. The van der Waals surface area contributed by atoms with E-state index in [0.29, 0.717) is 11.6 Å². The van der Waals surface area contributed by atoms with Crippen LogP contribution in [0.15, 0.2) is 35.2 Å². The van der Waals surface area contributed by atoms with Crippen LogP contribution in [0.5, 0.6) is 0 Å². The molecule has 0 atom stereocenters. The van der Waals surface area contributed by atoms with Crippen LogP contribution in [0.1, 0.15) is 40.5 Å². The predicted molar refractivity (Wildman–Crippen MR) is 101 cm³/mol. The summed E-state index contributed by atoms with van der Waals surface area (Å²) in [5.74, 6) is 1.20. The summed E-state index contributed by atoms with van der Waals surface area (Å²) in [4.78, 5) is 23.2. The lowest BCUT2D eigenvalue weighted by molar-refractivity contribution is 0.0683. The van der Waals surface area contributed by atoms with Crippen molar-refractivity contribution in [2.24, 2.45) is 5.92 Å². The third kappa shape index (κ3) is 3.76. The topological polar surface area (TPSA) is 97.9 Å². The zero-order valence-corrected chi connectivity index (χ0v) is 16.0. The molecule has 3 aromatic rings. The molecule has 0 spiro atoms. The summed E-state index contributed by atoms with van der Waals surface area (Å²) in [5.41, 5.74) is 4.02. The van der Waals surface area contributed by atoms with Gasteiger partial charge in [0.1, 0.15) is 12.1 Å². The highest BCUT2D eigenvalue weighted by Gasteiger charge is 2.25. The zero-order valence-electron chi connectivity index (χ0n) is 16.0. The Bertz CT molecular complexity index is 944. The summed E-state index contributed by atoms with van der Waals surface area (Å²) in [6.07, 6.45) is 5.92. The first-order chi connectivity index (χ1) is 13.6. The molecule has 8 nitrogen and oxygen atoms in total. The second kappa shape index (κ2) is 7.84. The van der Waals surface area contributed by atoms with Crippen molar-refractivity contribution >= 4 is 5.91 Å². The van der Waals surface area contributed by atoms with Gasteiger partial charge in [0, 0.05) is 25.0 Å². The number of carbonyl (C=O) groups excluding carboxylic acids is 1. The van der Waals surface area contributed by atoms with Crippen LogP contribution in [0.2, 0.25) is 0 Å². The molecule has 0 radical (unpaired) electrons. The van der Waals surface area contributed by atoms with E-state index >= 15 is 0 Å². The summed E-state index contributed by atoms with van der Waals surface area (Å²) in [7, 11) is 0. The first-order valence-corrected chi connectivity index (χ1v) is 9.43. The summed E-state index contributed by atoms with van der Waals surface area (Å²) >= 11 is 0. The molecule has 144 valence electrons. The summed E-state index contributed by atoms with van der Waals surface area (Å²) in [6.45, 7) is 5.25. The molecule has 0 unspecified atom stereocenters. The molecule has 4 heterocycles. The van der Waals surface area contributed by atoms with Gasteiger partial charge in [0.15, 0.2) is 5.69 Å². The van der Waals surface area contributed by atoms with Crippen molar-refractivity contribution in [3.8, 4) is 11.3 Å². The monoisotopic (exact) mass is 378 g/mol. The fraction of sp³-hybridized carbons (Fsp3) is 0.400. The van der Waals surface area contributed by atoms with E-state index in [9.17, 15) is 4.79 Å². The minimum Gasteiger partial charge on any atom is -0.361 e. The molecule has 4 rings (SSSR count). The van der Waals surface area contributed by atoms with E-state index < -0.39 is 0 Å².